The number of carbonyl (C=O) groups excluding carboxylic acids is 2. The number of piperazine rings is 1. The van der Waals surface area contributed by atoms with Gasteiger partial charge in [0.05, 0.1) is 5.57 Å². The summed E-state index contributed by atoms with van der Waals surface area (Å²) in [6.07, 6.45) is 1.67. The van der Waals surface area contributed by atoms with E-state index in [-0.39, 0.29) is 11.8 Å². The van der Waals surface area contributed by atoms with Crippen LogP contribution in [0.15, 0.2) is 48.7 Å². The molecule has 1 saturated heterocycles. The molecule has 2 aliphatic heterocycles. The van der Waals surface area contributed by atoms with E-state index in [4.69, 9.17) is 0 Å². The molecule has 7 heteroatoms. The summed E-state index contributed by atoms with van der Waals surface area (Å²) >= 11 is 2.18. The van der Waals surface area contributed by atoms with Gasteiger partial charge in [-0.2, -0.15) is 0 Å². The molecule has 2 N–H and O–H groups in total. The van der Waals surface area contributed by atoms with Gasteiger partial charge >= 0.3 is 0 Å². The van der Waals surface area contributed by atoms with E-state index in [0.717, 1.165) is 22.3 Å². The third kappa shape index (κ3) is 4.09. The number of nitrogens with one attached hydrogen (secondary N) is 2. The molecule has 6 nitrogen and oxygen atoms in total. The number of rotatable bonds is 3. The van der Waals surface area contributed by atoms with Crippen molar-refractivity contribution in [2.45, 2.75) is 25.9 Å². The van der Waals surface area contributed by atoms with Crippen LogP contribution in [0.25, 0.3) is 5.57 Å². The minimum Gasteiger partial charge on any atom is -0.366 e. The third-order valence-electron chi connectivity index (χ3n) is 5.87. The molecule has 0 saturated carbocycles. The summed E-state index contributed by atoms with van der Waals surface area (Å²) in [7, 11) is 2.17. The zero-order valence-electron chi connectivity index (χ0n) is 17.3. The van der Waals surface area contributed by atoms with Crippen LogP contribution in [-0.2, 0) is 4.79 Å². The van der Waals surface area contributed by atoms with Gasteiger partial charge in [0.1, 0.15) is 0 Å². The van der Waals surface area contributed by atoms with Gasteiger partial charge in [0.25, 0.3) is 11.8 Å². The molecule has 4 rings (SSSR count). The number of anilines is 2. The van der Waals surface area contributed by atoms with E-state index in [1.807, 2.05) is 24.3 Å². The van der Waals surface area contributed by atoms with Crippen LogP contribution in [-0.4, -0.2) is 48.9 Å². The SMILES string of the molecule is C[C@@H]1CN(c2ccc(N/C=C3\C(=O)NC(=O)c4ccc(I)cc43)cc2)[C@@H](C)CN1C. The van der Waals surface area contributed by atoms with E-state index in [1.165, 1.54) is 5.69 Å². The van der Waals surface area contributed by atoms with Gasteiger partial charge in [0.2, 0.25) is 0 Å². The summed E-state index contributed by atoms with van der Waals surface area (Å²) in [5.74, 6) is -0.748. The number of carbonyl (C=O) groups is 2. The molecule has 0 aromatic heterocycles. The maximum atomic E-state index is 12.4. The number of hydrogen-bond donors (Lipinski definition) is 2. The lowest BCUT2D eigenvalue weighted by atomic mass is 9.95. The summed E-state index contributed by atoms with van der Waals surface area (Å²) in [4.78, 5) is 29.3. The second-order valence-electron chi connectivity index (χ2n) is 8.01. The Labute approximate surface area is 190 Å². The molecule has 0 unspecified atom stereocenters. The second kappa shape index (κ2) is 8.39. The van der Waals surface area contributed by atoms with Crippen molar-refractivity contribution in [2.75, 3.05) is 30.4 Å². The van der Waals surface area contributed by atoms with Gasteiger partial charge in [-0.3, -0.25) is 19.8 Å². The van der Waals surface area contributed by atoms with Crippen LogP contribution < -0.4 is 15.5 Å². The molecule has 156 valence electrons. The average molecular weight is 516 g/mol. The van der Waals surface area contributed by atoms with Crippen molar-refractivity contribution in [1.82, 2.24) is 10.2 Å². The van der Waals surface area contributed by atoms with Gasteiger partial charge in [-0.1, -0.05) is 0 Å². The van der Waals surface area contributed by atoms with Crippen LogP contribution in [0.1, 0.15) is 29.8 Å². The highest BCUT2D eigenvalue weighted by Gasteiger charge is 2.28. The maximum Gasteiger partial charge on any atom is 0.260 e. The van der Waals surface area contributed by atoms with Crippen molar-refractivity contribution in [2.24, 2.45) is 0 Å². The van der Waals surface area contributed by atoms with Gasteiger partial charge in [-0.25, -0.2) is 0 Å². The number of amides is 2. The zero-order valence-corrected chi connectivity index (χ0v) is 19.4. The average Bonchev–Trinajstić information content (AvgIpc) is 2.71. The molecular weight excluding hydrogens is 491 g/mol. The van der Waals surface area contributed by atoms with Crippen LogP contribution in [0.2, 0.25) is 0 Å². The van der Waals surface area contributed by atoms with Crippen LogP contribution in [0.4, 0.5) is 11.4 Å². The first-order chi connectivity index (χ1) is 14.3. The Kier molecular flexibility index (Phi) is 5.84. The fraction of sp³-hybridized carbons (Fsp3) is 0.304. The number of likely N-dealkylation sites (N-methyl/N-ethyl adjacent to an activating group) is 1. The van der Waals surface area contributed by atoms with Gasteiger partial charge < -0.3 is 10.2 Å². The summed E-state index contributed by atoms with van der Waals surface area (Å²) in [5.41, 5.74) is 3.70. The topological polar surface area (TPSA) is 64.7 Å². The molecule has 2 aromatic carbocycles. The molecule has 0 aliphatic carbocycles. The van der Waals surface area contributed by atoms with E-state index < -0.39 is 0 Å². The Hall–Kier alpha value is -2.39. The van der Waals surface area contributed by atoms with Crippen LogP contribution in [0.5, 0.6) is 0 Å². The van der Waals surface area contributed by atoms with Crippen molar-refractivity contribution < 1.29 is 9.59 Å². The molecule has 0 spiro atoms. The fourth-order valence-corrected chi connectivity index (χ4v) is 4.50. The first-order valence-corrected chi connectivity index (χ1v) is 11.1. The highest BCUT2D eigenvalue weighted by molar-refractivity contribution is 14.1. The Morgan fingerprint density at radius 3 is 2.47 bits per heavy atom. The second-order valence-corrected chi connectivity index (χ2v) is 9.26. The number of benzene rings is 2. The molecule has 0 bridgehead atoms. The Bertz CT molecular complexity index is 1020. The van der Waals surface area contributed by atoms with Crippen LogP contribution in [0, 0.1) is 3.57 Å². The molecule has 2 aromatic rings. The molecule has 30 heavy (non-hydrogen) atoms. The van der Waals surface area contributed by atoms with Crippen molar-refractivity contribution in [3.05, 3.63) is 63.4 Å². The lowest BCUT2D eigenvalue weighted by molar-refractivity contribution is -0.114. The molecule has 2 amide bonds. The largest absolute Gasteiger partial charge is 0.366 e. The summed E-state index contributed by atoms with van der Waals surface area (Å²) in [6.45, 7) is 6.54. The quantitative estimate of drug-likeness (QED) is 0.372. The highest BCUT2D eigenvalue weighted by atomic mass is 127. The summed E-state index contributed by atoms with van der Waals surface area (Å²) < 4.78 is 0.972. The van der Waals surface area contributed by atoms with E-state index >= 15 is 0 Å². The van der Waals surface area contributed by atoms with E-state index in [1.54, 1.807) is 12.3 Å². The lowest BCUT2D eigenvalue weighted by Crippen LogP contribution is -2.55. The number of nitrogens with zero attached hydrogens (tertiary/aromatic N) is 2. The van der Waals surface area contributed by atoms with Crippen molar-refractivity contribution in [1.29, 1.82) is 0 Å². The van der Waals surface area contributed by atoms with Crippen molar-refractivity contribution in [3.8, 4) is 0 Å². The van der Waals surface area contributed by atoms with E-state index in [9.17, 15) is 9.59 Å². The van der Waals surface area contributed by atoms with E-state index in [2.05, 4.69) is 76.1 Å². The molecule has 2 aliphatic rings. The van der Waals surface area contributed by atoms with E-state index in [0.29, 0.717) is 28.8 Å². The first kappa shape index (κ1) is 20.9. The van der Waals surface area contributed by atoms with Crippen molar-refractivity contribution >= 4 is 51.4 Å². The molecule has 1 fully saturated rings. The monoisotopic (exact) mass is 516 g/mol. The smallest absolute Gasteiger partial charge is 0.260 e. The Morgan fingerprint density at radius 2 is 1.73 bits per heavy atom. The Morgan fingerprint density at radius 1 is 1.00 bits per heavy atom. The predicted octanol–water partition coefficient (Wildman–Crippen LogP) is 3.54. The van der Waals surface area contributed by atoms with Gasteiger partial charge in [0.15, 0.2) is 0 Å². The summed E-state index contributed by atoms with van der Waals surface area (Å²) in [5, 5.41) is 5.62. The molecule has 2 atom stereocenters. The van der Waals surface area contributed by atoms with Crippen LogP contribution in [0.3, 0.4) is 0 Å². The zero-order chi connectivity index (χ0) is 21.4. The fourth-order valence-electron chi connectivity index (χ4n) is 4.00. The standard InChI is InChI=1S/C23H25IN4O2/c1-14-13-28(15(2)12-27(14)3)18-7-5-17(6-8-18)25-11-21-20-10-16(24)4-9-19(20)22(29)26-23(21)30/h4-11,14-15,25H,12-13H2,1-3H3,(H,26,29,30)/b21-11-/t14-,15+/m1/s1. The highest BCUT2D eigenvalue weighted by Crippen LogP contribution is 2.27. The predicted molar refractivity (Wildman–Crippen MR) is 129 cm³/mol. The van der Waals surface area contributed by atoms with Gasteiger partial charge in [-0.15, -0.1) is 0 Å². The normalized spacial score (nSPS) is 23.3. The maximum absolute atomic E-state index is 12.4. The Balaban J connectivity index is 1.54. The minimum absolute atomic E-state index is 0.358. The number of halogens is 1. The number of imide groups is 1. The molecular formula is C23H25IN4O2. The third-order valence-corrected chi connectivity index (χ3v) is 6.54. The first-order valence-electron chi connectivity index (χ1n) is 10.0. The number of hydrogen-bond acceptors (Lipinski definition) is 5. The lowest BCUT2D eigenvalue weighted by Gasteiger charge is -2.43. The van der Waals surface area contributed by atoms with Gasteiger partial charge in [0, 0.05) is 57.4 Å². The number of fused-ring (bicyclic) bond motifs is 1. The van der Waals surface area contributed by atoms with Crippen molar-refractivity contribution in [3.63, 3.8) is 0 Å². The van der Waals surface area contributed by atoms with Gasteiger partial charge in [-0.05, 0) is 86.0 Å². The molecule has 2 heterocycles. The summed E-state index contributed by atoms with van der Waals surface area (Å²) in [6, 6.07) is 14.7. The van der Waals surface area contributed by atoms with Crippen LogP contribution >= 0.6 is 22.6 Å². The molecule has 0 radical (unpaired) electrons. The minimum atomic E-state index is -0.390.